The lowest BCUT2D eigenvalue weighted by Crippen LogP contribution is -2.52. The standard InChI is InChI=1S/C22H27FN2O2S/c1-16(21(27)24-22(2,3)4)25(14-17-10-12-18(23)13-11-17)20(26)15-28-19-8-6-5-7-9-19/h5-13,16H,14-15H2,1-4H3,(H,24,27)/t16-/m0/s1. The van der Waals surface area contributed by atoms with Gasteiger partial charge in [-0.15, -0.1) is 11.8 Å². The normalized spacial score (nSPS) is 12.3. The molecule has 0 aromatic heterocycles. The van der Waals surface area contributed by atoms with Gasteiger partial charge in [-0.1, -0.05) is 30.3 Å². The SMILES string of the molecule is C[C@@H](C(=O)NC(C)(C)C)N(Cc1ccc(F)cc1)C(=O)CSc1ccccc1. The maximum Gasteiger partial charge on any atom is 0.242 e. The van der Waals surface area contributed by atoms with Crippen molar-refractivity contribution >= 4 is 23.6 Å². The molecular weight excluding hydrogens is 375 g/mol. The van der Waals surface area contributed by atoms with Crippen LogP contribution in [-0.4, -0.2) is 34.0 Å². The second-order valence-electron chi connectivity index (χ2n) is 7.67. The third-order valence-corrected chi connectivity index (χ3v) is 5.03. The highest BCUT2D eigenvalue weighted by Crippen LogP contribution is 2.19. The quantitative estimate of drug-likeness (QED) is 0.705. The molecule has 0 saturated carbocycles. The number of benzene rings is 2. The van der Waals surface area contributed by atoms with Crippen LogP contribution in [0.3, 0.4) is 0 Å². The average Bonchev–Trinajstić information content (AvgIpc) is 2.64. The second kappa shape index (κ2) is 9.73. The molecule has 0 fully saturated rings. The molecule has 2 amide bonds. The first kappa shape index (κ1) is 22.0. The Hall–Kier alpha value is -2.34. The predicted octanol–water partition coefficient (Wildman–Crippen LogP) is 4.25. The summed E-state index contributed by atoms with van der Waals surface area (Å²) in [4.78, 5) is 28.1. The summed E-state index contributed by atoms with van der Waals surface area (Å²) in [7, 11) is 0. The van der Waals surface area contributed by atoms with E-state index in [2.05, 4.69) is 5.32 Å². The van der Waals surface area contributed by atoms with Gasteiger partial charge in [0.05, 0.1) is 5.75 Å². The minimum absolute atomic E-state index is 0.144. The van der Waals surface area contributed by atoms with Crippen LogP contribution in [0.25, 0.3) is 0 Å². The van der Waals surface area contributed by atoms with Crippen LogP contribution >= 0.6 is 11.8 Å². The van der Waals surface area contributed by atoms with Gasteiger partial charge in [0, 0.05) is 17.0 Å². The first-order valence-corrected chi connectivity index (χ1v) is 10.2. The maximum absolute atomic E-state index is 13.2. The summed E-state index contributed by atoms with van der Waals surface area (Å²) in [5.41, 5.74) is 0.379. The maximum atomic E-state index is 13.2. The molecule has 0 aliphatic heterocycles. The monoisotopic (exact) mass is 402 g/mol. The van der Waals surface area contributed by atoms with Gasteiger partial charge in [0.1, 0.15) is 11.9 Å². The predicted molar refractivity (Wildman–Crippen MR) is 111 cm³/mol. The summed E-state index contributed by atoms with van der Waals surface area (Å²) in [6, 6.07) is 15.0. The van der Waals surface area contributed by atoms with Crippen LogP contribution in [0.5, 0.6) is 0 Å². The molecule has 1 N–H and O–H groups in total. The lowest BCUT2D eigenvalue weighted by Gasteiger charge is -2.31. The molecule has 0 spiro atoms. The molecule has 2 aromatic carbocycles. The van der Waals surface area contributed by atoms with Crippen molar-refractivity contribution in [2.75, 3.05) is 5.75 Å². The zero-order valence-electron chi connectivity index (χ0n) is 16.7. The van der Waals surface area contributed by atoms with Crippen LogP contribution in [0.1, 0.15) is 33.3 Å². The number of nitrogens with zero attached hydrogens (tertiary/aromatic N) is 1. The summed E-state index contributed by atoms with van der Waals surface area (Å²) in [6.45, 7) is 7.65. The number of halogens is 1. The molecule has 4 nitrogen and oxygen atoms in total. The van der Waals surface area contributed by atoms with E-state index in [1.165, 1.54) is 23.9 Å². The molecule has 0 heterocycles. The van der Waals surface area contributed by atoms with Crippen molar-refractivity contribution in [3.05, 3.63) is 66.0 Å². The van der Waals surface area contributed by atoms with E-state index in [0.29, 0.717) is 0 Å². The fourth-order valence-electron chi connectivity index (χ4n) is 2.59. The second-order valence-corrected chi connectivity index (χ2v) is 8.71. The Balaban J connectivity index is 2.15. The van der Waals surface area contributed by atoms with E-state index in [-0.39, 0.29) is 29.9 Å². The first-order chi connectivity index (χ1) is 13.2. The van der Waals surface area contributed by atoms with Gasteiger partial charge in [-0.3, -0.25) is 9.59 Å². The van der Waals surface area contributed by atoms with Gasteiger partial charge in [-0.25, -0.2) is 4.39 Å². The zero-order valence-corrected chi connectivity index (χ0v) is 17.6. The molecule has 0 bridgehead atoms. The number of hydrogen-bond donors (Lipinski definition) is 1. The van der Waals surface area contributed by atoms with Crippen molar-refractivity contribution in [2.45, 2.75) is 50.7 Å². The van der Waals surface area contributed by atoms with E-state index in [0.717, 1.165) is 10.5 Å². The molecule has 0 radical (unpaired) electrons. The van der Waals surface area contributed by atoms with Gasteiger partial charge >= 0.3 is 0 Å². The number of carbonyl (C=O) groups is 2. The minimum atomic E-state index is -0.645. The zero-order chi connectivity index (χ0) is 20.7. The topological polar surface area (TPSA) is 49.4 Å². The summed E-state index contributed by atoms with van der Waals surface area (Å²) < 4.78 is 13.2. The number of carbonyl (C=O) groups excluding carboxylic acids is 2. The number of hydrogen-bond acceptors (Lipinski definition) is 3. The van der Waals surface area contributed by atoms with E-state index in [9.17, 15) is 14.0 Å². The van der Waals surface area contributed by atoms with Crippen LogP contribution in [0, 0.1) is 5.82 Å². The van der Waals surface area contributed by atoms with E-state index >= 15 is 0 Å². The summed E-state index contributed by atoms with van der Waals surface area (Å²) in [5.74, 6) is -0.472. The summed E-state index contributed by atoms with van der Waals surface area (Å²) in [6.07, 6.45) is 0. The Morgan fingerprint density at radius 1 is 1.07 bits per heavy atom. The van der Waals surface area contributed by atoms with Gasteiger partial charge < -0.3 is 10.2 Å². The molecule has 0 aliphatic rings. The molecule has 0 aliphatic carbocycles. The molecule has 1 atom stereocenters. The fourth-order valence-corrected chi connectivity index (χ4v) is 3.39. The smallest absolute Gasteiger partial charge is 0.242 e. The van der Waals surface area contributed by atoms with Gasteiger partial charge in [0.15, 0.2) is 0 Å². The van der Waals surface area contributed by atoms with Crippen LogP contribution in [0.4, 0.5) is 4.39 Å². The molecular formula is C22H27FN2O2S. The largest absolute Gasteiger partial charge is 0.350 e. The lowest BCUT2D eigenvalue weighted by molar-refractivity contribution is -0.139. The Kier molecular flexibility index (Phi) is 7.63. The molecule has 2 rings (SSSR count). The third kappa shape index (κ3) is 7.00. The molecule has 0 unspecified atom stereocenters. The van der Waals surface area contributed by atoms with E-state index < -0.39 is 11.6 Å². The van der Waals surface area contributed by atoms with Gasteiger partial charge in [-0.05, 0) is 57.5 Å². The number of nitrogens with one attached hydrogen (secondary N) is 1. The lowest BCUT2D eigenvalue weighted by atomic mass is 10.1. The Morgan fingerprint density at radius 3 is 2.25 bits per heavy atom. The van der Waals surface area contributed by atoms with E-state index in [4.69, 9.17) is 0 Å². The highest BCUT2D eigenvalue weighted by molar-refractivity contribution is 8.00. The molecule has 150 valence electrons. The first-order valence-electron chi connectivity index (χ1n) is 9.19. The van der Waals surface area contributed by atoms with Crippen molar-refractivity contribution in [3.8, 4) is 0 Å². The van der Waals surface area contributed by atoms with E-state index in [1.54, 1.807) is 24.0 Å². The van der Waals surface area contributed by atoms with Gasteiger partial charge in [-0.2, -0.15) is 0 Å². The van der Waals surface area contributed by atoms with Crippen LogP contribution in [-0.2, 0) is 16.1 Å². The van der Waals surface area contributed by atoms with Crippen molar-refractivity contribution in [1.29, 1.82) is 0 Å². The molecule has 28 heavy (non-hydrogen) atoms. The minimum Gasteiger partial charge on any atom is -0.350 e. The summed E-state index contributed by atoms with van der Waals surface area (Å²) >= 11 is 1.43. The van der Waals surface area contributed by atoms with Crippen LogP contribution in [0.15, 0.2) is 59.5 Å². The van der Waals surface area contributed by atoms with Crippen LogP contribution < -0.4 is 5.32 Å². The molecule has 2 aromatic rings. The van der Waals surface area contributed by atoms with Crippen molar-refractivity contribution in [3.63, 3.8) is 0 Å². The Labute approximate surface area is 170 Å². The highest BCUT2D eigenvalue weighted by atomic mass is 32.2. The third-order valence-electron chi connectivity index (χ3n) is 4.04. The average molecular weight is 403 g/mol. The van der Waals surface area contributed by atoms with Crippen molar-refractivity contribution in [2.24, 2.45) is 0 Å². The summed E-state index contributed by atoms with van der Waals surface area (Å²) in [5, 5.41) is 2.92. The van der Waals surface area contributed by atoms with Gasteiger partial charge in [0.2, 0.25) is 11.8 Å². The van der Waals surface area contributed by atoms with Gasteiger partial charge in [0.25, 0.3) is 0 Å². The number of thioether (sulfide) groups is 1. The molecule has 6 heteroatoms. The fraction of sp³-hybridized carbons (Fsp3) is 0.364. The number of amides is 2. The van der Waals surface area contributed by atoms with Crippen molar-refractivity contribution < 1.29 is 14.0 Å². The molecule has 0 saturated heterocycles. The van der Waals surface area contributed by atoms with Crippen molar-refractivity contribution in [1.82, 2.24) is 10.2 Å². The number of rotatable bonds is 7. The highest BCUT2D eigenvalue weighted by Gasteiger charge is 2.28. The Morgan fingerprint density at radius 2 is 1.68 bits per heavy atom. The van der Waals surface area contributed by atoms with Crippen LogP contribution in [0.2, 0.25) is 0 Å². The van der Waals surface area contributed by atoms with E-state index in [1.807, 2.05) is 51.1 Å². The Bertz CT molecular complexity index is 788.